The van der Waals surface area contributed by atoms with E-state index >= 15 is 0 Å². The summed E-state index contributed by atoms with van der Waals surface area (Å²) < 4.78 is 18.2. The molecule has 0 spiro atoms. The summed E-state index contributed by atoms with van der Waals surface area (Å²) in [5.74, 6) is 2.27. The van der Waals surface area contributed by atoms with Gasteiger partial charge in [-0.05, 0) is 30.7 Å². The molecule has 0 saturated heterocycles. The standard InChI is InChI=1S/C25H29ClN4O4S/c1-5-7-13-34-18-10-8-17(9-11-18)24-28-29-25(30(24)12-6-2)35-16-23(31)27-20-15-21(32-3)19(26)14-22(20)33-4/h6,8-11,14-15H,2,5,7,12-13,16H2,1,3-4H3,(H,27,31). The fourth-order valence-corrected chi connectivity index (χ4v) is 4.19. The molecular formula is C25H29ClN4O4S. The van der Waals surface area contributed by atoms with Crippen LogP contribution in [-0.2, 0) is 11.3 Å². The highest BCUT2D eigenvalue weighted by Gasteiger charge is 2.17. The van der Waals surface area contributed by atoms with Crippen LogP contribution in [-0.4, -0.2) is 47.3 Å². The van der Waals surface area contributed by atoms with Crippen LogP contribution in [0.5, 0.6) is 17.2 Å². The van der Waals surface area contributed by atoms with Crippen LogP contribution >= 0.6 is 23.4 Å². The van der Waals surface area contributed by atoms with Gasteiger partial charge in [-0.1, -0.05) is 42.8 Å². The Morgan fingerprint density at radius 3 is 2.57 bits per heavy atom. The van der Waals surface area contributed by atoms with Gasteiger partial charge in [0, 0.05) is 24.2 Å². The van der Waals surface area contributed by atoms with Gasteiger partial charge < -0.3 is 19.5 Å². The number of amides is 1. The van der Waals surface area contributed by atoms with E-state index in [-0.39, 0.29) is 11.7 Å². The number of hydrogen-bond acceptors (Lipinski definition) is 7. The number of halogens is 1. The Labute approximate surface area is 214 Å². The lowest BCUT2D eigenvalue weighted by molar-refractivity contribution is -0.113. The van der Waals surface area contributed by atoms with Gasteiger partial charge in [-0.15, -0.1) is 16.8 Å². The highest BCUT2D eigenvalue weighted by atomic mass is 35.5. The molecule has 1 aromatic heterocycles. The molecule has 0 bridgehead atoms. The molecule has 0 unspecified atom stereocenters. The van der Waals surface area contributed by atoms with E-state index in [4.69, 9.17) is 25.8 Å². The van der Waals surface area contributed by atoms with E-state index in [1.54, 1.807) is 18.2 Å². The van der Waals surface area contributed by atoms with E-state index in [9.17, 15) is 4.79 Å². The van der Waals surface area contributed by atoms with Gasteiger partial charge in [0.25, 0.3) is 0 Å². The summed E-state index contributed by atoms with van der Waals surface area (Å²) in [4.78, 5) is 12.7. The molecule has 0 radical (unpaired) electrons. The van der Waals surface area contributed by atoms with Crippen molar-refractivity contribution < 1.29 is 19.0 Å². The van der Waals surface area contributed by atoms with Crippen molar-refractivity contribution in [1.82, 2.24) is 14.8 Å². The lowest BCUT2D eigenvalue weighted by Crippen LogP contribution is -2.15. The maximum absolute atomic E-state index is 12.7. The topological polar surface area (TPSA) is 87.5 Å². The first-order valence-electron chi connectivity index (χ1n) is 11.1. The smallest absolute Gasteiger partial charge is 0.234 e. The van der Waals surface area contributed by atoms with E-state index in [0.717, 1.165) is 24.2 Å². The number of thioether (sulfide) groups is 1. The van der Waals surface area contributed by atoms with E-state index in [0.29, 0.717) is 46.3 Å². The molecule has 1 N–H and O–H groups in total. The normalized spacial score (nSPS) is 10.6. The maximum atomic E-state index is 12.7. The van der Waals surface area contributed by atoms with Gasteiger partial charge in [0.15, 0.2) is 11.0 Å². The van der Waals surface area contributed by atoms with Crippen molar-refractivity contribution in [2.45, 2.75) is 31.5 Å². The lowest BCUT2D eigenvalue weighted by atomic mass is 10.2. The van der Waals surface area contributed by atoms with Crippen molar-refractivity contribution in [3.05, 3.63) is 54.1 Å². The van der Waals surface area contributed by atoms with Crippen LogP contribution < -0.4 is 19.5 Å². The maximum Gasteiger partial charge on any atom is 0.234 e. The van der Waals surface area contributed by atoms with Crippen molar-refractivity contribution in [2.24, 2.45) is 0 Å². The molecule has 0 aliphatic heterocycles. The van der Waals surface area contributed by atoms with Gasteiger partial charge >= 0.3 is 0 Å². The quantitative estimate of drug-likeness (QED) is 0.177. The molecule has 2 aromatic carbocycles. The van der Waals surface area contributed by atoms with Gasteiger partial charge in [-0.25, -0.2) is 0 Å². The fraction of sp³-hybridized carbons (Fsp3) is 0.320. The zero-order chi connectivity index (χ0) is 25.2. The molecule has 10 heteroatoms. The van der Waals surface area contributed by atoms with E-state index in [2.05, 4.69) is 29.0 Å². The fourth-order valence-electron chi connectivity index (χ4n) is 3.21. The van der Waals surface area contributed by atoms with Crippen molar-refractivity contribution in [2.75, 3.05) is 31.9 Å². The second-order valence-corrected chi connectivity index (χ2v) is 8.81. The number of aromatic nitrogens is 3. The number of hydrogen-bond donors (Lipinski definition) is 1. The molecule has 0 saturated carbocycles. The lowest BCUT2D eigenvalue weighted by Gasteiger charge is -2.13. The first kappa shape index (κ1) is 26.4. The molecular weight excluding hydrogens is 488 g/mol. The number of unbranched alkanes of at least 4 members (excludes halogenated alkanes) is 1. The van der Waals surface area contributed by atoms with Crippen LogP contribution in [0.4, 0.5) is 5.69 Å². The average Bonchev–Trinajstić information content (AvgIpc) is 3.26. The van der Waals surface area contributed by atoms with Crippen LogP contribution in [0.3, 0.4) is 0 Å². The summed E-state index contributed by atoms with van der Waals surface area (Å²) in [5.41, 5.74) is 1.37. The predicted octanol–water partition coefficient (Wildman–Crippen LogP) is 5.71. The first-order chi connectivity index (χ1) is 17.0. The van der Waals surface area contributed by atoms with Gasteiger partial charge in [0.05, 0.1) is 37.3 Å². The second-order valence-electron chi connectivity index (χ2n) is 7.46. The zero-order valence-corrected chi connectivity index (χ0v) is 21.6. The van der Waals surface area contributed by atoms with Crippen LogP contribution in [0.25, 0.3) is 11.4 Å². The molecule has 0 aliphatic carbocycles. The summed E-state index contributed by atoms with van der Waals surface area (Å²) in [6.45, 7) is 7.17. The van der Waals surface area contributed by atoms with E-state index < -0.39 is 0 Å². The molecule has 1 amide bonds. The minimum absolute atomic E-state index is 0.119. The summed E-state index contributed by atoms with van der Waals surface area (Å²) in [6, 6.07) is 11.0. The van der Waals surface area contributed by atoms with Gasteiger partial charge in [0.1, 0.15) is 17.2 Å². The molecule has 1 heterocycles. The van der Waals surface area contributed by atoms with Crippen molar-refractivity contribution in [1.29, 1.82) is 0 Å². The third-order valence-electron chi connectivity index (χ3n) is 4.99. The third-order valence-corrected chi connectivity index (χ3v) is 6.25. The second kappa shape index (κ2) is 13.1. The third kappa shape index (κ3) is 6.93. The SMILES string of the molecule is C=CCn1c(SCC(=O)Nc2cc(OC)c(Cl)cc2OC)nnc1-c1ccc(OCCCC)cc1. The number of carbonyl (C=O) groups is 1. The Morgan fingerprint density at radius 2 is 1.91 bits per heavy atom. The van der Waals surface area contributed by atoms with Crippen LogP contribution in [0.2, 0.25) is 5.02 Å². The number of nitrogens with one attached hydrogen (secondary N) is 1. The highest BCUT2D eigenvalue weighted by Crippen LogP contribution is 2.36. The number of ether oxygens (including phenoxy) is 3. The summed E-state index contributed by atoms with van der Waals surface area (Å²) >= 11 is 7.42. The Hall–Kier alpha value is -3.17. The minimum atomic E-state index is -0.235. The van der Waals surface area contributed by atoms with Crippen LogP contribution in [0, 0.1) is 0 Å². The zero-order valence-electron chi connectivity index (χ0n) is 20.0. The van der Waals surface area contributed by atoms with E-state index in [1.165, 1.54) is 26.0 Å². The van der Waals surface area contributed by atoms with Crippen LogP contribution in [0.1, 0.15) is 19.8 Å². The van der Waals surface area contributed by atoms with Crippen LogP contribution in [0.15, 0.2) is 54.2 Å². The number of carbonyl (C=O) groups excluding carboxylic acids is 1. The average molecular weight is 517 g/mol. The summed E-state index contributed by atoms with van der Waals surface area (Å²) in [5, 5.41) is 12.5. The predicted molar refractivity (Wildman–Crippen MR) is 140 cm³/mol. The number of benzene rings is 2. The molecule has 8 nitrogen and oxygen atoms in total. The Bertz CT molecular complexity index is 1150. The number of nitrogens with zero attached hydrogens (tertiary/aromatic N) is 3. The highest BCUT2D eigenvalue weighted by molar-refractivity contribution is 7.99. The van der Waals surface area contributed by atoms with Gasteiger partial charge in [-0.3, -0.25) is 9.36 Å². The van der Waals surface area contributed by atoms with Gasteiger partial charge in [0.2, 0.25) is 5.91 Å². The number of methoxy groups -OCH3 is 2. The number of rotatable bonds is 13. The molecule has 35 heavy (non-hydrogen) atoms. The molecule has 3 rings (SSSR count). The Morgan fingerprint density at radius 1 is 1.17 bits per heavy atom. The Balaban J connectivity index is 1.70. The molecule has 3 aromatic rings. The summed E-state index contributed by atoms with van der Waals surface area (Å²) in [6.07, 6.45) is 3.87. The molecule has 0 fully saturated rings. The number of anilines is 1. The monoisotopic (exact) mass is 516 g/mol. The Kier molecular flexibility index (Phi) is 9.86. The van der Waals surface area contributed by atoms with Gasteiger partial charge in [-0.2, -0.15) is 0 Å². The van der Waals surface area contributed by atoms with Crippen molar-refractivity contribution >= 4 is 35.0 Å². The summed E-state index contributed by atoms with van der Waals surface area (Å²) in [7, 11) is 3.01. The minimum Gasteiger partial charge on any atom is -0.495 e. The molecule has 0 atom stereocenters. The number of allylic oxidation sites excluding steroid dienone is 1. The van der Waals surface area contributed by atoms with Crippen molar-refractivity contribution in [3.8, 4) is 28.6 Å². The van der Waals surface area contributed by atoms with E-state index in [1.807, 2.05) is 28.8 Å². The van der Waals surface area contributed by atoms with Crippen molar-refractivity contribution in [3.63, 3.8) is 0 Å². The molecule has 186 valence electrons. The molecule has 0 aliphatic rings. The first-order valence-corrected chi connectivity index (χ1v) is 12.5. The largest absolute Gasteiger partial charge is 0.495 e.